The Morgan fingerprint density at radius 3 is 2.86 bits per heavy atom. The fraction of sp³-hybridized carbons (Fsp3) is 0.333. The van der Waals surface area contributed by atoms with Gasteiger partial charge in [0.2, 0.25) is 5.82 Å². The Hall–Kier alpha value is -3.26. The molecule has 1 aromatic carbocycles. The van der Waals surface area contributed by atoms with E-state index in [-0.39, 0.29) is 18.6 Å². The molecule has 0 spiro atoms. The van der Waals surface area contributed by atoms with Crippen LogP contribution in [0.5, 0.6) is 5.75 Å². The molecule has 150 valence electrons. The maximum Gasteiger partial charge on any atom is 0.255 e. The Morgan fingerprint density at radius 1 is 1.28 bits per heavy atom. The van der Waals surface area contributed by atoms with E-state index < -0.39 is 0 Å². The molecule has 0 aliphatic carbocycles. The molecule has 4 rings (SSSR count). The van der Waals surface area contributed by atoms with Crippen molar-refractivity contribution >= 4 is 5.91 Å². The summed E-state index contributed by atoms with van der Waals surface area (Å²) in [6.07, 6.45) is 4.07. The second-order valence-corrected chi connectivity index (χ2v) is 6.94. The molecular weight excluding hydrogens is 372 g/mol. The van der Waals surface area contributed by atoms with E-state index in [1.807, 2.05) is 42.2 Å². The summed E-state index contributed by atoms with van der Waals surface area (Å²) >= 11 is 0. The fourth-order valence-electron chi connectivity index (χ4n) is 3.30. The quantitative estimate of drug-likeness (QED) is 0.635. The van der Waals surface area contributed by atoms with Crippen molar-refractivity contribution in [2.75, 3.05) is 20.2 Å². The first-order valence-electron chi connectivity index (χ1n) is 9.42. The highest BCUT2D eigenvalue weighted by Gasteiger charge is 2.29. The largest absolute Gasteiger partial charge is 0.489 e. The predicted molar refractivity (Wildman–Crippen MR) is 104 cm³/mol. The van der Waals surface area contributed by atoms with E-state index in [1.54, 1.807) is 19.5 Å². The van der Waals surface area contributed by atoms with Gasteiger partial charge in [-0.25, -0.2) is 0 Å². The summed E-state index contributed by atoms with van der Waals surface area (Å²) in [5.41, 5.74) is 2.41. The van der Waals surface area contributed by atoms with Crippen LogP contribution in [0.3, 0.4) is 0 Å². The van der Waals surface area contributed by atoms with Crippen molar-refractivity contribution in [2.45, 2.75) is 26.1 Å². The van der Waals surface area contributed by atoms with Crippen LogP contribution >= 0.6 is 0 Å². The van der Waals surface area contributed by atoms with Crippen LogP contribution in [0.2, 0.25) is 0 Å². The number of aromatic nitrogens is 3. The van der Waals surface area contributed by atoms with Gasteiger partial charge < -0.3 is 18.9 Å². The molecule has 1 fully saturated rings. The highest BCUT2D eigenvalue weighted by atomic mass is 16.5. The molecule has 3 aromatic rings. The third-order valence-electron chi connectivity index (χ3n) is 4.85. The number of hydrogen-bond donors (Lipinski definition) is 0. The van der Waals surface area contributed by atoms with Gasteiger partial charge in [0, 0.05) is 38.0 Å². The van der Waals surface area contributed by atoms with Crippen LogP contribution in [0.25, 0.3) is 11.4 Å². The molecular formula is C21H22N4O4. The highest BCUT2D eigenvalue weighted by molar-refractivity contribution is 5.95. The normalized spacial score (nSPS) is 16.2. The van der Waals surface area contributed by atoms with E-state index in [2.05, 4.69) is 15.1 Å². The molecule has 29 heavy (non-hydrogen) atoms. The molecule has 3 heterocycles. The van der Waals surface area contributed by atoms with Gasteiger partial charge in [-0.15, -0.1) is 0 Å². The van der Waals surface area contributed by atoms with Crippen LogP contribution in [0.15, 0.2) is 47.2 Å². The van der Waals surface area contributed by atoms with Crippen LogP contribution in [0.4, 0.5) is 0 Å². The van der Waals surface area contributed by atoms with Gasteiger partial charge in [-0.05, 0) is 42.8 Å². The van der Waals surface area contributed by atoms with Crippen molar-refractivity contribution in [2.24, 2.45) is 0 Å². The zero-order valence-electron chi connectivity index (χ0n) is 16.4. The number of aryl methyl sites for hydroxylation is 1. The van der Waals surface area contributed by atoms with Crippen molar-refractivity contribution in [1.29, 1.82) is 0 Å². The third-order valence-corrected chi connectivity index (χ3v) is 4.85. The first-order valence-corrected chi connectivity index (χ1v) is 9.42. The summed E-state index contributed by atoms with van der Waals surface area (Å²) in [6, 6.07) is 9.36. The number of ether oxygens (including phenoxy) is 2. The van der Waals surface area contributed by atoms with E-state index >= 15 is 0 Å². The van der Waals surface area contributed by atoms with Crippen molar-refractivity contribution in [3.8, 4) is 17.1 Å². The van der Waals surface area contributed by atoms with Gasteiger partial charge in [0.25, 0.3) is 11.8 Å². The van der Waals surface area contributed by atoms with Gasteiger partial charge >= 0.3 is 0 Å². The van der Waals surface area contributed by atoms with Gasteiger partial charge in [0.1, 0.15) is 18.5 Å². The summed E-state index contributed by atoms with van der Waals surface area (Å²) in [6.45, 7) is 3.42. The van der Waals surface area contributed by atoms with E-state index in [4.69, 9.17) is 14.0 Å². The summed E-state index contributed by atoms with van der Waals surface area (Å²) in [5.74, 6) is 1.68. The number of methoxy groups -OCH3 is 1. The molecule has 1 amide bonds. The molecule has 0 saturated carbocycles. The van der Waals surface area contributed by atoms with Crippen molar-refractivity contribution in [3.05, 3.63) is 59.7 Å². The first kappa shape index (κ1) is 19.1. The van der Waals surface area contributed by atoms with Crippen molar-refractivity contribution < 1.29 is 18.8 Å². The monoisotopic (exact) mass is 394 g/mol. The number of rotatable bonds is 6. The lowest BCUT2D eigenvalue weighted by molar-refractivity contribution is 0.0771. The lowest BCUT2D eigenvalue weighted by atomic mass is 10.1. The molecule has 0 N–H and O–H groups in total. The number of amides is 1. The van der Waals surface area contributed by atoms with E-state index in [1.165, 1.54) is 0 Å². The van der Waals surface area contributed by atoms with Crippen LogP contribution in [-0.4, -0.2) is 52.2 Å². The molecule has 1 aliphatic heterocycles. The standard InChI is InChI=1S/C21H22N4O4/c1-14-7-9-22-11-18(14)21(26)25-10-8-17(12-25)28-16-5-3-15(4-6-16)20-23-19(13-27-2)29-24-20/h3-7,9,11,17H,8,10,12-13H2,1-2H3. The molecule has 1 unspecified atom stereocenters. The smallest absolute Gasteiger partial charge is 0.255 e. The first-order chi connectivity index (χ1) is 14.1. The van der Waals surface area contributed by atoms with Gasteiger partial charge in [-0.1, -0.05) is 5.16 Å². The average Bonchev–Trinajstić information content (AvgIpc) is 3.39. The number of carbonyl (C=O) groups is 1. The Labute approximate surface area is 168 Å². The second-order valence-electron chi connectivity index (χ2n) is 6.94. The summed E-state index contributed by atoms with van der Waals surface area (Å²) in [7, 11) is 1.58. The van der Waals surface area contributed by atoms with Gasteiger partial charge in [0.05, 0.1) is 12.1 Å². The van der Waals surface area contributed by atoms with Crippen LogP contribution in [-0.2, 0) is 11.3 Å². The Morgan fingerprint density at radius 2 is 2.10 bits per heavy atom. The number of benzene rings is 1. The molecule has 8 heteroatoms. The summed E-state index contributed by atoms with van der Waals surface area (Å²) in [5, 5.41) is 3.95. The van der Waals surface area contributed by atoms with Crippen molar-refractivity contribution in [1.82, 2.24) is 20.0 Å². The molecule has 1 saturated heterocycles. The summed E-state index contributed by atoms with van der Waals surface area (Å²) < 4.78 is 16.2. The lowest BCUT2D eigenvalue weighted by Gasteiger charge is -2.18. The maximum absolute atomic E-state index is 12.7. The minimum Gasteiger partial charge on any atom is -0.489 e. The number of hydrogen-bond acceptors (Lipinski definition) is 7. The van der Waals surface area contributed by atoms with Gasteiger partial charge in [-0.2, -0.15) is 4.98 Å². The summed E-state index contributed by atoms with van der Waals surface area (Å²) in [4.78, 5) is 22.9. The minimum absolute atomic E-state index is 0.000942. The average molecular weight is 394 g/mol. The van der Waals surface area contributed by atoms with Gasteiger partial charge in [0.15, 0.2) is 0 Å². The zero-order chi connectivity index (χ0) is 20.2. The second kappa shape index (κ2) is 8.40. The van der Waals surface area contributed by atoms with Crippen LogP contribution in [0, 0.1) is 6.92 Å². The molecule has 0 bridgehead atoms. The SMILES string of the molecule is COCc1nc(-c2ccc(OC3CCN(C(=O)c4cnccc4C)C3)cc2)no1. The van der Waals surface area contributed by atoms with Crippen LogP contribution < -0.4 is 4.74 Å². The Bertz CT molecular complexity index is 986. The Kier molecular flexibility index (Phi) is 5.53. The number of carbonyl (C=O) groups excluding carboxylic acids is 1. The van der Waals surface area contributed by atoms with Crippen LogP contribution in [0.1, 0.15) is 28.2 Å². The van der Waals surface area contributed by atoms with Crippen molar-refractivity contribution in [3.63, 3.8) is 0 Å². The molecule has 0 radical (unpaired) electrons. The zero-order valence-corrected chi connectivity index (χ0v) is 16.4. The molecule has 8 nitrogen and oxygen atoms in total. The molecule has 1 atom stereocenters. The lowest BCUT2D eigenvalue weighted by Crippen LogP contribution is -2.31. The molecule has 2 aromatic heterocycles. The molecule has 1 aliphatic rings. The van der Waals surface area contributed by atoms with Gasteiger partial charge in [-0.3, -0.25) is 9.78 Å². The highest BCUT2D eigenvalue weighted by Crippen LogP contribution is 2.24. The number of pyridine rings is 1. The third kappa shape index (κ3) is 4.27. The number of nitrogens with zero attached hydrogens (tertiary/aromatic N) is 4. The maximum atomic E-state index is 12.7. The minimum atomic E-state index is -0.0414. The van der Waals surface area contributed by atoms with E-state index in [0.29, 0.717) is 30.4 Å². The topological polar surface area (TPSA) is 90.6 Å². The fourth-order valence-corrected chi connectivity index (χ4v) is 3.30. The number of likely N-dealkylation sites (tertiary alicyclic amines) is 1. The van der Waals surface area contributed by atoms with E-state index in [0.717, 1.165) is 23.3 Å². The predicted octanol–water partition coefficient (Wildman–Crippen LogP) is 2.88. The van der Waals surface area contributed by atoms with E-state index in [9.17, 15) is 4.79 Å². The Balaban J connectivity index is 1.36.